The molecule has 0 saturated heterocycles. The number of rotatable bonds is 7. The number of hydrogen-bond donors (Lipinski definition) is 3. The van der Waals surface area contributed by atoms with Gasteiger partial charge in [-0.1, -0.05) is 38.1 Å². The average Bonchev–Trinajstić information content (AvgIpc) is 2.97. The number of aryl methyl sites for hydroxylation is 1. The molecule has 170 valence electrons. The third-order valence-corrected chi connectivity index (χ3v) is 5.13. The van der Waals surface area contributed by atoms with Gasteiger partial charge in [-0.25, -0.2) is 4.79 Å². The van der Waals surface area contributed by atoms with E-state index < -0.39 is 24.0 Å². The van der Waals surface area contributed by atoms with Gasteiger partial charge in [0.1, 0.15) is 6.54 Å². The number of carboxylic acid groups (broad SMARTS) is 2. The smallest absolute Gasteiger partial charge is 0.337 e. The van der Waals surface area contributed by atoms with E-state index >= 15 is 0 Å². The summed E-state index contributed by atoms with van der Waals surface area (Å²) in [6.07, 6.45) is 0.747. The molecule has 0 bridgehead atoms. The van der Waals surface area contributed by atoms with Crippen LogP contribution in [0.15, 0.2) is 41.2 Å². The van der Waals surface area contributed by atoms with E-state index in [1.54, 1.807) is 0 Å². The molecule has 0 saturated carbocycles. The zero-order valence-corrected chi connectivity index (χ0v) is 18.5. The number of carbonyl (C=O) groups is 3. The molecule has 0 atom stereocenters. The van der Waals surface area contributed by atoms with Gasteiger partial charge in [0.15, 0.2) is 0 Å². The number of carboxylic acids is 2. The maximum atomic E-state index is 11.9. The van der Waals surface area contributed by atoms with Gasteiger partial charge in [-0.15, -0.1) is 0 Å². The molecule has 0 aliphatic carbocycles. The largest absolute Gasteiger partial charge is 0.480 e. The Kier molecular flexibility index (Phi) is 7.95. The van der Waals surface area contributed by atoms with Gasteiger partial charge in [0, 0.05) is 13.6 Å². The molecule has 9 nitrogen and oxygen atoms in total. The Hall–Kier alpha value is -3.88. The predicted octanol–water partition coefficient (Wildman–Crippen LogP) is 2.49. The van der Waals surface area contributed by atoms with Crippen molar-refractivity contribution >= 4 is 29.3 Å². The van der Waals surface area contributed by atoms with Crippen LogP contribution in [0.4, 0.5) is 0 Å². The Bertz CT molecular complexity index is 1210. The van der Waals surface area contributed by atoms with Crippen molar-refractivity contribution in [2.75, 3.05) is 0 Å². The Morgan fingerprint density at radius 1 is 1.12 bits per heavy atom. The van der Waals surface area contributed by atoms with E-state index in [4.69, 9.17) is 10.2 Å². The minimum Gasteiger partial charge on any atom is -0.480 e. The minimum atomic E-state index is -1.20. The molecule has 9 heteroatoms. The van der Waals surface area contributed by atoms with Gasteiger partial charge >= 0.3 is 11.9 Å². The summed E-state index contributed by atoms with van der Waals surface area (Å²) in [7, 11) is 1.40. The standard InChI is InChI=1S/C12H17NO.C11H10N2O5/c1-9(2)11-6-4-5-10(3)12(11)7-13-8-14;1-12-10(16)6-3-2-4-7(11(17)18)9(6)13(12)5-8(14)15/h4-6,8-9H,7H2,1-3H3,(H,13,14);2-4H,5H2,1H3,(H,14,15)(H,17,18). The second-order valence-electron chi connectivity index (χ2n) is 7.58. The van der Waals surface area contributed by atoms with E-state index in [1.165, 1.54) is 41.9 Å². The van der Waals surface area contributed by atoms with Crippen LogP contribution >= 0.6 is 0 Å². The highest BCUT2D eigenvalue weighted by atomic mass is 16.4. The SMILES string of the molecule is Cc1cccc(C(C)C)c1CNC=O.Cn1c(=O)c2cccc(C(=O)O)c2n1CC(=O)O. The lowest BCUT2D eigenvalue weighted by Gasteiger charge is -2.14. The van der Waals surface area contributed by atoms with E-state index in [-0.39, 0.29) is 16.5 Å². The van der Waals surface area contributed by atoms with E-state index in [9.17, 15) is 19.2 Å². The molecule has 3 aromatic rings. The van der Waals surface area contributed by atoms with Gasteiger partial charge in [-0.3, -0.25) is 23.7 Å². The van der Waals surface area contributed by atoms with Crippen LogP contribution in [0, 0.1) is 6.92 Å². The lowest BCUT2D eigenvalue weighted by atomic mass is 9.94. The summed E-state index contributed by atoms with van der Waals surface area (Å²) < 4.78 is 2.24. The van der Waals surface area contributed by atoms with Crippen LogP contribution in [0.1, 0.15) is 46.8 Å². The number of benzene rings is 2. The summed E-state index contributed by atoms with van der Waals surface area (Å²) >= 11 is 0. The summed E-state index contributed by atoms with van der Waals surface area (Å²) in [6, 6.07) is 10.5. The monoisotopic (exact) mass is 441 g/mol. The molecule has 0 radical (unpaired) electrons. The third-order valence-electron chi connectivity index (χ3n) is 5.13. The molecule has 1 heterocycles. The zero-order chi connectivity index (χ0) is 24.0. The fraction of sp³-hybridized carbons (Fsp3) is 0.304. The van der Waals surface area contributed by atoms with E-state index in [2.05, 4.69) is 44.3 Å². The fourth-order valence-electron chi connectivity index (χ4n) is 3.57. The minimum absolute atomic E-state index is 0.0912. The maximum Gasteiger partial charge on any atom is 0.337 e. The molecule has 1 aromatic heterocycles. The number of fused-ring (bicyclic) bond motifs is 1. The van der Waals surface area contributed by atoms with Crippen molar-refractivity contribution in [3.05, 3.63) is 69.0 Å². The molecule has 1 amide bonds. The molecule has 32 heavy (non-hydrogen) atoms. The summed E-state index contributed by atoms with van der Waals surface area (Å²) in [4.78, 5) is 44.0. The van der Waals surface area contributed by atoms with Crippen LogP contribution in [0.5, 0.6) is 0 Å². The maximum absolute atomic E-state index is 11.9. The molecule has 3 N–H and O–H groups in total. The number of amides is 1. The highest BCUT2D eigenvalue weighted by Gasteiger charge is 2.19. The lowest BCUT2D eigenvalue weighted by molar-refractivity contribution is -0.138. The number of carbonyl (C=O) groups excluding carboxylic acids is 1. The average molecular weight is 441 g/mol. The van der Waals surface area contributed by atoms with Crippen molar-refractivity contribution < 1.29 is 24.6 Å². The molecule has 0 spiro atoms. The van der Waals surface area contributed by atoms with E-state index in [1.807, 2.05) is 0 Å². The predicted molar refractivity (Wildman–Crippen MR) is 120 cm³/mol. The number of nitrogens with zero attached hydrogens (tertiary/aromatic N) is 2. The molecular weight excluding hydrogens is 414 g/mol. The Labute approximate surface area is 184 Å². The van der Waals surface area contributed by atoms with Crippen molar-refractivity contribution in [1.82, 2.24) is 14.7 Å². The summed E-state index contributed by atoms with van der Waals surface area (Å²) in [5.41, 5.74) is 3.42. The normalized spacial score (nSPS) is 10.5. The number of aromatic nitrogens is 2. The van der Waals surface area contributed by atoms with E-state index in [0.717, 1.165) is 15.8 Å². The number of nitrogens with one attached hydrogen (secondary N) is 1. The lowest BCUT2D eigenvalue weighted by Crippen LogP contribution is -2.22. The first-order chi connectivity index (χ1) is 15.1. The van der Waals surface area contributed by atoms with Crippen LogP contribution in [-0.4, -0.2) is 37.9 Å². The summed E-state index contributed by atoms with van der Waals surface area (Å²) in [5.74, 6) is -1.86. The first-order valence-electron chi connectivity index (χ1n) is 9.99. The highest BCUT2D eigenvalue weighted by molar-refractivity contribution is 6.02. The molecule has 0 fully saturated rings. The molecule has 0 aliphatic rings. The molecule has 2 aromatic carbocycles. The topological polar surface area (TPSA) is 131 Å². The van der Waals surface area contributed by atoms with E-state index in [0.29, 0.717) is 12.5 Å². The molecular formula is C23H27N3O6. The summed E-state index contributed by atoms with van der Waals surface area (Å²) in [6.45, 7) is 6.56. The van der Waals surface area contributed by atoms with Crippen LogP contribution in [-0.2, 0) is 29.7 Å². The molecule has 3 rings (SSSR count). The number of para-hydroxylation sites is 1. The van der Waals surface area contributed by atoms with Crippen LogP contribution in [0.2, 0.25) is 0 Å². The molecule has 0 aliphatic heterocycles. The zero-order valence-electron chi connectivity index (χ0n) is 18.5. The van der Waals surface area contributed by atoms with Gasteiger partial charge in [0.2, 0.25) is 6.41 Å². The van der Waals surface area contributed by atoms with Crippen LogP contribution in [0.3, 0.4) is 0 Å². The van der Waals surface area contributed by atoms with Gasteiger partial charge < -0.3 is 15.5 Å². The van der Waals surface area contributed by atoms with Crippen molar-refractivity contribution in [2.45, 2.75) is 39.8 Å². The van der Waals surface area contributed by atoms with Crippen molar-refractivity contribution in [3.63, 3.8) is 0 Å². The fourth-order valence-corrected chi connectivity index (χ4v) is 3.57. The van der Waals surface area contributed by atoms with Crippen LogP contribution in [0.25, 0.3) is 10.9 Å². The second kappa shape index (κ2) is 10.4. The molecule has 0 unspecified atom stereocenters. The Balaban J connectivity index is 0.000000235. The first-order valence-corrected chi connectivity index (χ1v) is 9.99. The highest BCUT2D eigenvalue weighted by Crippen LogP contribution is 2.22. The quantitative estimate of drug-likeness (QED) is 0.483. The number of aliphatic carboxylic acids is 1. The second-order valence-corrected chi connectivity index (χ2v) is 7.58. The Morgan fingerprint density at radius 2 is 1.78 bits per heavy atom. The van der Waals surface area contributed by atoms with Gasteiger partial charge in [-0.05, 0) is 41.7 Å². The third kappa shape index (κ3) is 5.23. The van der Waals surface area contributed by atoms with Crippen molar-refractivity contribution in [2.24, 2.45) is 7.05 Å². The van der Waals surface area contributed by atoms with Gasteiger partial charge in [0.25, 0.3) is 5.56 Å². The number of aromatic carboxylic acids is 1. The van der Waals surface area contributed by atoms with Crippen molar-refractivity contribution in [3.8, 4) is 0 Å². The van der Waals surface area contributed by atoms with Gasteiger partial charge in [-0.2, -0.15) is 0 Å². The van der Waals surface area contributed by atoms with Gasteiger partial charge in [0.05, 0.1) is 16.5 Å². The van der Waals surface area contributed by atoms with Crippen LogP contribution < -0.4 is 10.9 Å². The Morgan fingerprint density at radius 3 is 2.34 bits per heavy atom. The van der Waals surface area contributed by atoms with Crippen molar-refractivity contribution in [1.29, 1.82) is 0 Å². The first kappa shape index (κ1) is 24.4. The number of hydrogen-bond acceptors (Lipinski definition) is 4. The summed E-state index contributed by atoms with van der Waals surface area (Å²) in [5, 5.41) is 20.8.